The molecule has 0 saturated carbocycles. The van der Waals surface area contributed by atoms with Crippen molar-refractivity contribution in [1.29, 1.82) is 0 Å². The highest BCUT2D eigenvalue weighted by molar-refractivity contribution is 7.89. The summed E-state index contributed by atoms with van der Waals surface area (Å²) in [7, 11) is -3.75. The molecule has 0 aromatic heterocycles. The Hall–Kier alpha value is -1.44. The molecule has 6 nitrogen and oxygen atoms in total. The lowest BCUT2D eigenvalue weighted by atomic mass is 10.1. The van der Waals surface area contributed by atoms with Gasteiger partial charge in [-0.3, -0.25) is 4.79 Å². The van der Waals surface area contributed by atoms with Crippen molar-refractivity contribution in [2.24, 2.45) is 10.9 Å². The van der Waals surface area contributed by atoms with Crippen molar-refractivity contribution in [3.8, 4) is 0 Å². The number of sulfonamides is 1. The van der Waals surface area contributed by atoms with E-state index in [1.54, 1.807) is 6.07 Å². The first-order valence-corrected chi connectivity index (χ1v) is 8.11. The third-order valence-electron chi connectivity index (χ3n) is 2.80. The van der Waals surface area contributed by atoms with Crippen LogP contribution in [-0.4, -0.2) is 20.9 Å². The summed E-state index contributed by atoms with van der Waals surface area (Å²) in [4.78, 5) is 11.7. The summed E-state index contributed by atoms with van der Waals surface area (Å²) in [5.74, 6) is -0.135. The van der Waals surface area contributed by atoms with Crippen LogP contribution in [0.15, 0.2) is 29.2 Å². The molecule has 1 amide bonds. The fraction of sp³-hybridized carbons (Fsp3) is 0.462. The number of nitrogens with two attached hydrogens (primary N) is 2. The van der Waals surface area contributed by atoms with E-state index in [0.717, 1.165) is 25.7 Å². The summed E-state index contributed by atoms with van der Waals surface area (Å²) in [6.07, 6.45) is 4.15. The predicted molar refractivity (Wildman–Crippen MR) is 78.6 cm³/mol. The minimum atomic E-state index is -3.75. The fourth-order valence-electron chi connectivity index (χ4n) is 1.76. The number of amides is 1. The lowest BCUT2D eigenvalue weighted by molar-refractivity contribution is -0.116. The van der Waals surface area contributed by atoms with E-state index in [0.29, 0.717) is 18.7 Å². The Balaban J connectivity index is 2.46. The van der Waals surface area contributed by atoms with Crippen molar-refractivity contribution >= 4 is 21.6 Å². The van der Waals surface area contributed by atoms with Gasteiger partial charge in [0.05, 0.1) is 4.90 Å². The zero-order valence-corrected chi connectivity index (χ0v) is 12.2. The molecule has 0 fully saturated rings. The van der Waals surface area contributed by atoms with Gasteiger partial charge in [-0.2, -0.15) is 0 Å². The first-order chi connectivity index (χ1) is 9.43. The highest BCUT2D eigenvalue weighted by Gasteiger charge is 2.09. The van der Waals surface area contributed by atoms with Gasteiger partial charge in [0.2, 0.25) is 15.9 Å². The van der Waals surface area contributed by atoms with Crippen molar-refractivity contribution in [2.45, 2.75) is 37.0 Å². The monoisotopic (exact) mass is 299 g/mol. The Morgan fingerprint density at radius 1 is 1.15 bits per heavy atom. The summed E-state index contributed by atoms with van der Waals surface area (Å²) in [5, 5.41) is 7.69. The van der Waals surface area contributed by atoms with Gasteiger partial charge in [0.1, 0.15) is 0 Å². The van der Waals surface area contributed by atoms with E-state index >= 15 is 0 Å². The second kappa shape index (κ2) is 7.98. The van der Waals surface area contributed by atoms with Crippen LogP contribution in [0.25, 0.3) is 0 Å². The van der Waals surface area contributed by atoms with E-state index in [2.05, 4.69) is 5.32 Å². The Morgan fingerprint density at radius 2 is 1.85 bits per heavy atom. The molecule has 0 aliphatic rings. The van der Waals surface area contributed by atoms with Crippen LogP contribution < -0.4 is 16.2 Å². The fourth-order valence-corrected chi connectivity index (χ4v) is 2.32. The maximum atomic E-state index is 11.7. The van der Waals surface area contributed by atoms with Crippen LogP contribution in [0.4, 0.5) is 5.69 Å². The summed E-state index contributed by atoms with van der Waals surface area (Å²) in [6.45, 7) is 0.673. The van der Waals surface area contributed by atoms with Crippen molar-refractivity contribution in [3.05, 3.63) is 24.3 Å². The maximum Gasteiger partial charge on any atom is 0.238 e. The summed E-state index contributed by atoms with van der Waals surface area (Å²) >= 11 is 0. The third kappa shape index (κ3) is 6.14. The van der Waals surface area contributed by atoms with E-state index in [4.69, 9.17) is 10.9 Å². The van der Waals surface area contributed by atoms with E-state index in [1.807, 2.05) is 0 Å². The number of nitrogens with one attached hydrogen (secondary N) is 1. The van der Waals surface area contributed by atoms with Gasteiger partial charge >= 0.3 is 0 Å². The molecule has 20 heavy (non-hydrogen) atoms. The third-order valence-corrected chi connectivity index (χ3v) is 3.72. The summed E-state index contributed by atoms with van der Waals surface area (Å²) in [5.41, 5.74) is 5.82. The second-order valence-electron chi connectivity index (χ2n) is 4.57. The first-order valence-electron chi connectivity index (χ1n) is 6.56. The minimum absolute atomic E-state index is 0.0155. The van der Waals surface area contributed by atoms with E-state index in [9.17, 15) is 13.2 Å². The molecule has 1 rings (SSSR count). The van der Waals surface area contributed by atoms with Crippen molar-refractivity contribution < 1.29 is 13.2 Å². The lowest BCUT2D eigenvalue weighted by Crippen LogP contribution is -2.14. The molecular formula is C13H21N3O3S. The smallest absolute Gasteiger partial charge is 0.238 e. The zero-order valence-electron chi connectivity index (χ0n) is 11.3. The molecule has 5 N–H and O–H groups in total. The quantitative estimate of drug-likeness (QED) is 0.625. The lowest BCUT2D eigenvalue weighted by Gasteiger charge is -2.06. The highest BCUT2D eigenvalue weighted by Crippen LogP contribution is 2.14. The number of anilines is 1. The van der Waals surface area contributed by atoms with Gasteiger partial charge in [0, 0.05) is 12.1 Å². The zero-order chi connectivity index (χ0) is 15.0. The standard InChI is InChI=1S/C13H21N3O3S/c14-9-4-2-1-3-8-13(17)16-11-6-5-7-12(10-11)20(15,18)19/h5-7,10H,1-4,8-9,14H2,(H,16,17)(H2,15,18,19). The number of rotatable bonds is 8. The van der Waals surface area contributed by atoms with Gasteiger partial charge in [-0.25, -0.2) is 13.6 Å². The van der Waals surface area contributed by atoms with Crippen LogP contribution >= 0.6 is 0 Å². The molecular weight excluding hydrogens is 278 g/mol. The minimum Gasteiger partial charge on any atom is -0.330 e. The highest BCUT2D eigenvalue weighted by atomic mass is 32.2. The molecule has 0 heterocycles. The molecule has 0 radical (unpaired) electrons. The van der Waals surface area contributed by atoms with Crippen LogP contribution in [0.5, 0.6) is 0 Å². The average Bonchev–Trinajstić information content (AvgIpc) is 2.38. The molecule has 0 saturated heterocycles. The second-order valence-corrected chi connectivity index (χ2v) is 6.14. The normalized spacial score (nSPS) is 11.3. The number of hydrogen-bond acceptors (Lipinski definition) is 4. The van der Waals surface area contributed by atoms with Gasteiger partial charge < -0.3 is 11.1 Å². The Kier molecular flexibility index (Phi) is 6.63. The van der Waals surface area contributed by atoms with Gasteiger partial charge in [0.15, 0.2) is 0 Å². The largest absolute Gasteiger partial charge is 0.330 e. The predicted octanol–water partition coefficient (Wildman–Crippen LogP) is 1.18. The number of primary sulfonamides is 1. The van der Waals surface area contributed by atoms with Gasteiger partial charge in [-0.05, 0) is 37.6 Å². The summed E-state index contributed by atoms with van der Waals surface area (Å²) < 4.78 is 22.4. The van der Waals surface area contributed by atoms with E-state index < -0.39 is 10.0 Å². The molecule has 0 aliphatic heterocycles. The number of hydrogen-bond donors (Lipinski definition) is 3. The van der Waals surface area contributed by atoms with Gasteiger partial charge in [-0.1, -0.05) is 18.9 Å². The van der Waals surface area contributed by atoms with Crippen LogP contribution in [0.2, 0.25) is 0 Å². The van der Waals surface area contributed by atoms with Crippen molar-refractivity contribution in [1.82, 2.24) is 0 Å². The van der Waals surface area contributed by atoms with E-state index in [1.165, 1.54) is 18.2 Å². The molecule has 1 aromatic carbocycles. The summed E-state index contributed by atoms with van der Waals surface area (Å²) in [6, 6.07) is 5.90. The maximum absolute atomic E-state index is 11.7. The van der Waals surface area contributed by atoms with Gasteiger partial charge in [-0.15, -0.1) is 0 Å². The number of benzene rings is 1. The average molecular weight is 299 g/mol. The van der Waals surface area contributed by atoms with E-state index in [-0.39, 0.29) is 10.8 Å². The Labute approximate surface area is 119 Å². The molecule has 0 spiro atoms. The van der Waals surface area contributed by atoms with Crippen LogP contribution in [0.1, 0.15) is 32.1 Å². The SMILES string of the molecule is NCCCCCCC(=O)Nc1cccc(S(N)(=O)=O)c1. The van der Waals surface area contributed by atoms with Crippen molar-refractivity contribution in [3.63, 3.8) is 0 Å². The number of carbonyl (C=O) groups is 1. The number of carbonyl (C=O) groups excluding carboxylic acids is 1. The Bertz CT molecular complexity index is 544. The molecule has 0 bridgehead atoms. The number of unbranched alkanes of at least 4 members (excludes halogenated alkanes) is 3. The molecule has 7 heteroatoms. The van der Waals surface area contributed by atoms with Gasteiger partial charge in [0.25, 0.3) is 0 Å². The van der Waals surface area contributed by atoms with Crippen molar-refractivity contribution in [2.75, 3.05) is 11.9 Å². The molecule has 112 valence electrons. The van der Waals surface area contributed by atoms with Crippen LogP contribution in [-0.2, 0) is 14.8 Å². The molecule has 0 atom stereocenters. The van der Waals surface area contributed by atoms with Crippen LogP contribution in [0, 0.1) is 0 Å². The molecule has 0 aliphatic carbocycles. The first kappa shape index (κ1) is 16.6. The van der Waals surface area contributed by atoms with Crippen LogP contribution in [0.3, 0.4) is 0 Å². The Morgan fingerprint density at radius 3 is 2.50 bits per heavy atom. The molecule has 0 unspecified atom stereocenters. The molecule has 1 aromatic rings. The topological polar surface area (TPSA) is 115 Å².